The molecule has 0 unspecified atom stereocenters. The molecule has 1 aromatic carbocycles. The van der Waals surface area contributed by atoms with E-state index in [1.165, 1.54) is 12.1 Å². The standard InChI is InChI=1S/C7H8O4S/c1-5-2-3-6(8)7(4-5)12(9,10)11/h2-4,8H,1H3,(H,9,10,11)/p-1. The first-order chi connectivity index (χ1) is 5.41. The molecule has 0 atom stereocenters. The first-order valence-electron chi connectivity index (χ1n) is 3.17. The van der Waals surface area contributed by atoms with Gasteiger partial charge in [0.1, 0.15) is 15.9 Å². The fourth-order valence-corrected chi connectivity index (χ4v) is 1.48. The molecule has 12 heavy (non-hydrogen) atoms. The third-order valence-electron chi connectivity index (χ3n) is 1.38. The van der Waals surface area contributed by atoms with Crippen LogP contribution in [-0.4, -0.2) is 18.1 Å². The van der Waals surface area contributed by atoms with E-state index >= 15 is 0 Å². The minimum Gasteiger partial charge on any atom is -0.744 e. The summed E-state index contributed by atoms with van der Waals surface area (Å²) in [5.74, 6) is -0.504. The second-order valence-corrected chi connectivity index (χ2v) is 3.77. The van der Waals surface area contributed by atoms with Gasteiger partial charge in [0, 0.05) is 0 Å². The number of aromatic hydroxyl groups is 1. The summed E-state index contributed by atoms with van der Waals surface area (Å²) < 4.78 is 31.5. The lowest BCUT2D eigenvalue weighted by Crippen LogP contribution is -1.99. The Bertz CT molecular complexity index is 394. The van der Waals surface area contributed by atoms with Gasteiger partial charge in [0.25, 0.3) is 0 Å². The van der Waals surface area contributed by atoms with E-state index in [1.54, 1.807) is 6.92 Å². The van der Waals surface area contributed by atoms with Gasteiger partial charge in [-0.2, -0.15) is 0 Å². The van der Waals surface area contributed by atoms with Crippen molar-refractivity contribution in [2.75, 3.05) is 0 Å². The van der Waals surface area contributed by atoms with E-state index in [9.17, 15) is 13.0 Å². The van der Waals surface area contributed by atoms with Crippen LogP contribution in [0.25, 0.3) is 0 Å². The number of aryl methyl sites for hydroxylation is 1. The van der Waals surface area contributed by atoms with Gasteiger partial charge in [0.15, 0.2) is 0 Å². The van der Waals surface area contributed by atoms with Crippen molar-refractivity contribution in [3.05, 3.63) is 23.8 Å². The molecule has 0 saturated carbocycles. The van der Waals surface area contributed by atoms with Crippen LogP contribution in [0.5, 0.6) is 5.75 Å². The molecule has 0 bridgehead atoms. The van der Waals surface area contributed by atoms with Gasteiger partial charge in [0.2, 0.25) is 0 Å². The van der Waals surface area contributed by atoms with Crippen molar-refractivity contribution in [1.29, 1.82) is 0 Å². The average Bonchev–Trinajstić information content (AvgIpc) is 1.92. The number of hydrogen-bond acceptors (Lipinski definition) is 4. The SMILES string of the molecule is Cc1ccc(O)c(S(=O)(=O)[O-])c1. The van der Waals surface area contributed by atoms with Crippen LogP contribution in [0.2, 0.25) is 0 Å². The Morgan fingerprint density at radius 1 is 1.42 bits per heavy atom. The van der Waals surface area contributed by atoms with Gasteiger partial charge in [-0.3, -0.25) is 0 Å². The van der Waals surface area contributed by atoms with Crippen LogP contribution in [0.15, 0.2) is 23.1 Å². The molecular formula is C7H7O4S-. The minimum atomic E-state index is -4.56. The third kappa shape index (κ3) is 1.75. The van der Waals surface area contributed by atoms with Crippen molar-refractivity contribution in [3.63, 3.8) is 0 Å². The second kappa shape index (κ2) is 2.76. The topological polar surface area (TPSA) is 77.4 Å². The van der Waals surface area contributed by atoms with E-state index in [1.807, 2.05) is 0 Å². The van der Waals surface area contributed by atoms with Gasteiger partial charge in [-0.1, -0.05) is 6.07 Å². The van der Waals surface area contributed by atoms with Crippen molar-refractivity contribution < 1.29 is 18.1 Å². The van der Waals surface area contributed by atoms with Crippen molar-refractivity contribution >= 4 is 10.1 Å². The van der Waals surface area contributed by atoms with Gasteiger partial charge in [-0.15, -0.1) is 0 Å². The zero-order valence-electron chi connectivity index (χ0n) is 6.31. The highest BCUT2D eigenvalue weighted by molar-refractivity contribution is 7.85. The first kappa shape index (κ1) is 9.02. The maximum absolute atomic E-state index is 10.5. The fraction of sp³-hybridized carbons (Fsp3) is 0.143. The lowest BCUT2D eigenvalue weighted by molar-refractivity contribution is 0.435. The van der Waals surface area contributed by atoms with Crippen molar-refractivity contribution in [1.82, 2.24) is 0 Å². The Morgan fingerprint density at radius 2 is 2.00 bits per heavy atom. The van der Waals surface area contributed by atoms with E-state index in [0.717, 1.165) is 6.07 Å². The molecule has 0 aliphatic rings. The Labute approximate surface area is 70.2 Å². The third-order valence-corrected chi connectivity index (χ3v) is 2.25. The second-order valence-electron chi connectivity index (χ2n) is 2.43. The van der Waals surface area contributed by atoms with Gasteiger partial charge >= 0.3 is 0 Å². The summed E-state index contributed by atoms with van der Waals surface area (Å²) in [6, 6.07) is 3.84. The van der Waals surface area contributed by atoms with Crippen LogP contribution in [0.3, 0.4) is 0 Å². The highest BCUT2D eigenvalue weighted by Gasteiger charge is 2.07. The lowest BCUT2D eigenvalue weighted by Gasteiger charge is -2.09. The summed E-state index contributed by atoms with van der Waals surface area (Å²) in [5, 5.41) is 8.99. The molecular weight excluding hydrogens is 180 g/mol. The molecule has 1 rings (SSSR count). The van der Waals surface area contributed by atoms with Gasteiger partial charge < -0.3 is 9.66 Å². The molecule has 66 valence electrons. The van der Waals surface area contributed by atoms with E-state index in [2.05, 4.69) is 0 Å². The summed E-state index contributed by atoms with van der Waals surface area (Å²) >= 11 is 0. The Kier molecular flexibility index (Phi) is 2.08. The highest BCUT2D eigenvalue weighted by Crippen LogP contribution is 2.22. The summed E-state index contributed by atoms with van der Waals surface area (Å²) in [5.41, 5.74) is 0.613. The Morgan fingerprint density at radius 3 is 2.42 bits per heavy atom. The molecule has 0 radical (unpaired) electrons. The Hall–Kier alpha value is -1.07. The zero-order valence-corrected chi connectivity index (χ0v) is 7.13. The number of rotatable bonds is 1. The van der Waals surface area contributed by atoms with E-state index in [-0.39, 0.29) is 0 Å². The quantitative estimate of drug-likeness (QED) is 0.653. The Balaban J connectivity index is 3.43. The molecule has 0 aliphatic carbocycles. The number of hydrogen-bond donors (Lipinski definition) is 1. The first-order valence-corrected chi connectivity index (χ1v) is 4.57. The van der Waals surface area contributed by atoms with Gasteiger partial charge in [-0.25, -0.2) is 8.42 Å². The molecule has 0 fully saturated rings. The lowest BCUT2D eigenvalue weighted by atomic mass is 10.2. The van der Waals surface area contributed by atoms with E-state index in [4.69, 9.17) is 5.11 Å². The summed E-state index contributed by atoms with van der Waals surface area (Å²) in [6.07, 6.45) is 0. The number of phenolic OH excluding ortho intramolecular Hbond substituents is 1. The van der Waals surface area contributed by atoms with Crippen LogP contribution in [0.4, 0.5) is 0 Å². The average molecular weight is 187 g/mol. The summed E-state index contributed by atoms with van der Waals surface area (Å²) in [4.78, 5) is -0.567. The summed E-state index contributed by atoms with van der Waals surface area (Å²) in [7, 11) is -4.56. The monoisotopic (exact) mass is 187 g/mol. The maximum atomic E-state index is 10.5. The number of phenols is 1. The molecule has 0 spiro atoms. The van der Waals surface area contributed by atoms with Crippen molar-refractivity contribution in [2.45, 2.75) is 11.8 Å². The highest BCUT2D eigenvalue weighted by atomic mass is 32.2. The van der Waals surface area contributed by atoms with Gasteiger partial charge in [-0.05, 0) is 24.6 Å². The van der Waals surface area contributed by atoms with Crippen LogP contribution < -0.4 is 0 Å². The van der Waals surface area contributed by atoms with Crippen LogP contribution in [0, 0.1) is 6.92 Å². The fourth-order valence-electron chi connectivity index (χ4n) is 0.822. The van der Waals surface area contributed by atoms with E-state index in [0.29, 0.717) is 5.56 Å². The predicted octanol–water partition coefficient (Wildman–Crippen LogP) is 0.605. The van der Waals surface area contributed by atoms with Crippen LogP contribution in [-0.2, 0) is 10.1 Å². The molecule has 5 heteroatoms. The molecule has 0 aliphatic heterocycles. The largest absolute Gasteiger partial charge is 0.744 e. The smallest absolute Gasteiger partial charge is 0.133 e. The molecule has 0 saturated heterocycles. The van der Waals surface area contributed by atoms with Gasteiger partial charge in [0.05, 0.1) is 4.90 Å². The molecule has 0 heterocycles. The minimum absolute atomic E-state index is 0.504. The maximum Gasteiger partial charge on any atom is 0.133 e. The molecule has 0 aromatic heterocycles. The van der Waals surface area contributed by atoms with Crippen LogP contribution in [0.1, 0.15) is 5.56 Å². The van der Waals surface area contributed by atoms with Crippen molar-refractivity contribution in [3.8, 4) is 5.75 Å². The molecule has 1 aromatic rings. The van der Waals surface area contributed by atoms with Crippen molar-refractivity contribution in [2.24, 2.45) is 0 Å². The molecule has 1 N–H and O–H groups in total. The molecule has 0 amide bonds. The van der Waals surface area contributed by atoms with Crippen LogP contribution >= 0.6 is 0 Å². The number of benzene rings is 1. The zero-order chi connectivity index (χ0) is 9.35. The summed E-state index contributed by atoms with van der Waals surface area (Å²) in [6.45, 7) is 1.63. The molecule has 4 nitrogen and oxygen atoms in total. The predicted molar refractivity (Wildman–Crippen MR) is 40.8 cm³/mol. The van der Waals surface area contributed by atoms with E-state index < -0.39 is 20.8 Å². The normalized spacial score (nSPS) is 11.5.